The Labute approximate surface area is 174 Å². The largest absolute Gasteiger partial charge is 0.382 e. The van der Waals surface area contributed by atoms with Gasteiger partial charge >= 0.3 is 0 Å². The molecule has 1 fully saturated rings. The van der Waals surface area contributed by atoms with E-state index in [2.05, 4.69) is 52.7 Å². The maximum Gasteiger partial charge on any atom is 0.193 e. The first-order valence-corrected chi connectivity index (χ1v) is 11.5. The molecule has 0 spiro atoms. The second kappa shape index (κ2) is 13.1. The molecule has 0 bridgehead atoms. The molecule has 0 radical (unpaired) electrons. The molecule has 1 saturated heterocycles. The van der Waals surface area contributed by atoms with E-state index in [0.717, 1.165) is 58.3 Å². The van der Waals surface area contributed by atoms with Gasteiger partial charge in [0.05, 0.1) is 32.4 Å². The van der Waals surface area contributed by atoms with Crippen molar-refractivity contribution in [1.29, 1.82) is 0 Å². The topological polar surface area (TPSA) is 49.3 Å². The summed E-state index contributed by atoms with van der Waals surface area (Å²) in [6.45, 7) is 14.5. The van der Waals surface area contributed by atoms with Crippen LogP contribution in [-0.2, 0) is 9.47 Å². The van der Waals surface area contributed by atoms with E-state index in [1.165, 1.54) is 5.56 Å². The Morgan fingerprint density at radius 2 is 2.18 bits per heavy atom. The van der Waals surface area contributed by atoms with Gasteiger partial charge in [-0.3, -0.25) is 9.89 Å². The van der Waals surface area contributed by atoms with Gasteiger partial charge in [-0.25, -0.2) is 0 Å². The summed E-state index contributed by atoms with van der Waals surface area (Å²) >= 11 is 1.76. The van der Waals surface area contributed by atoms with Crippen molar-refractivity contribution in [1.82, 2.24) is 15.1 Å². The predicted molar refractivity (Wildman–Crippen MR) is 118 cm³/mol. The lowest BCUT2D eigenvalue weighted by Gasteiger charge is -2.29. The molecule has 1 N–H and O–H groups in total. The van der Waals surface area contributed by atoms with Crippen LogP contribution in [0.3, 0.4) is 0 Å². The molecule has 28 heavy (non-hydrogen) atoms. The van der Waals surface area contributed by atoms with E-state index >= 15 is 0 Å². The second-order valence-electron chi connectivity index (χ2n) is 7.16. The van der Waals surface area contributed by atoms with Crippen molar-refractivity contribution >= 4 is 17.3 Å². The molecule has 1 aromatic heterocycles. The molecule has 1 aromatic rings. The zero-order chi connectivity index (χ0) is 20.2. The minimum Gasteiger partial charge on any atom is -0.382 e. The number of methoxy groups -OCH3 is 1. The molecule has 2 unspecified atom stereocenters. The van der Waals surface area contributed by atoms with Crippen molar-refractivity contribution in [3.8, 4) is 0 Å². The fourth-order valence-corrected chi connectivity index (χ4v) is 4.42. The van der Waals surface area contributed by atoms with Crippen molar-refractivity contribution in [3.05, 3.63) is 22.4 Å². The van der Waals surface area contributed by atoms with Crippen LogP contribution in [-0.4, -0.2) is 82.0 Å². The van der Waals surface area contributed by atoms with Crippen molar-refractivity contribution in [2.75, 3.05) is 66.2 Å². The Morgan fingerprint density at radius 1 is 1.36 bits per heavy atom. The molecule has 0 aromatic carbocycles. The van der Waals surface area contributed by atoms with E-state index in [1.807, 2.05) is 0 Å². The molecule has 1 aliphatic rings. The number of aliphatic imine (C=N–C) groups is 1. The number of guanidine groups is 1. The number of ether oxygens (including phenoxy) is 2. The van der Waals surface area contributed by atoms with E-state index in [9.17, 15) is 0 Å². The van der Waals surface area contributed by atoms with E-state index in [0.29, 0.717) is 25.2 Å². The minimum absolute atomic E-state index is 0.339. The first-order valence-electron chi connectivity index (χ1n) is 10.6. The van der Waals surface area contributed by atoms with E-state index in [4.69, 9.17) is 14.5 Å². The zero-order valence-corrected chi connectivity index (χ0v) is 18.8. The predicted octanol–water partition coefficient (Wildman–Crippen LogP) is 3.08. The van der Waals surface area contributed by atoms with Crippen LogP contribution in [0.25, 0.3) is 0 Å². The van der Waals surface area contributed by atoms with Gasteiger partial charge in [0.25, 0.3) is 0 Å². The summed E-state index contributed by atoms with van der Waals surface area (Å²) in [5.74, 6) is 1.60. The van der Waals surface area contributed by atoms with Crippen LogP contribution in [0.15, 0.2) is 21.8 Å². The number of nitrogens with one attached hydrogen (secondary N) is 1. The monoisotopic (exact) mass is 410 g/mol. The van der Waals surface area contributed by atoms with Crippen molar-refractivity contribution in [2.45, 2.75) is 33.2 Å². The van der Waals surface area contributed by atoms with E-state index < -0.39 is 0 Å². The van der Waals surface area contributed by atoms with Gasteiger partial charge in [0, 0.05) is 32.7 Å². The third-order valence-electron chi connectivity index (χ3n) is 5.30. The molecule has 2 heterocycles. The zero-order valence-electron chi connectivity index (χ0n) is 18.0. The Bertz CT molecular complexity index is 549. The Kier molecular flexibility index (Phi) is 10.9. The van der Waals surface area contributed by atoms with Crippen molar-refractivity contribution < 1.29 is 9.47 Å². The van der Waals surface area contributed by atoms with Gasteiger partial charge in [-0.1, -0.05) is 13.8 Å². The van der Waals surface area contributed by atoms with Crippen LogP contribution in [0.1, 0.15) is 38.8 Å². The fourth-order valence-electron chi connectivity index (χ4n) is 3.71. The molecular formula is C21H38N4O2S. The first kappa shape index (κ1) is 23.1. The molecule has 1 aliphatic heterocycles. The standard InChI is InChI=1S/C21H38N4O2S/c1-5-22-21(25-10-8-18(15-25)16-27-12-11-26-4)23-14-20(24(6-2)7-3)19-9-13-28-17-19/h9,13,17-18,20H,5-8,10-12,14-16H2,1-4H3,(H,22,23). The molecular weight excluding hydrogens is 372 g/mol. The van der Waals surface area contributed by atoms with Crippen LogP contribution in [0.4, 0.5) is 0 Å². The van der Waals surface area contributed by atoms with Gasteiger partial charge in [-0.2, -0.15) is 11.3 Å². The van der Waals surface area contributed by atoms with Gasteiger partial charge in [0.15, 0.2) is 5.96 Å². The van der Waals surface area contributed by atoms with Gasteiger partial charge in [-0.05, 0) is 48.8 Å². The normalized spacial score (nSPS) is 18.8. The SMILES string of the molecule is CCNC(=NCC(c1ccsc1)N(CC)CC)N1CCC(COCCOC)C1. The molecule has 2 atom stereocenters. The molecule has 0 aliphatic carbocycles. The highest BCUT2D eigenvalue weighted by molar-refractivity contribution is 7.07. The average Bonchev–Trinajstić information content (AvgIpc) is 3.40. The highest BCUT2D eigenvalue weighted by Crippen LogP contribution is 2.24. The van der Waals surface area contributed by atoms with Crippen LogP contribution in [0, 0.1) is 5.92 Å². The van der Waals surface area contributed by atoms with Crippen molar-refractivity contribution in [3.63, 3.8) is 0 Å². The van der Waals surface area contributed by atoms with Gasteiger partial charge in [0.2, 0.25) is 0 Å². The van der Waals surface area contributed by atoms with Crippen LogP contribution >= 0.6 is 11.3 Å². The minimum atomic E-state index is 0.339. The van der Waals surface area contributed by atoms with Crippen LogP contribution in [0.5, 0.6) is 0 Å². The Hall–Kier alpha value is -1.15. The number of likely N-dealkylation sites (tertiary alicyclic amines) is 1. The van der Waals surface area contributed by atoms with Crippen molar-refractivity contribution in [2.24, 2.45) is 10.9 Å². The number of nitrogens with zero attached hydrogens (tertiary/aromatic N) is 3. The third kappa shape index (κ3) is 7.03. The molecule has 0 amide bonds. The summed E-state index contributed by atoms with van der Waals surface area (Å²) in [7, 11) is 1.71. The molecule has 7 heteroatoms. The van der Waals surface area contributed by atoms with Gasteiger partial charge < -0.3 is 19.7 Å². The smallest absolute Gasteiger partial charge is 0.193 e. The fraction of sp³-hybridized carbons (Fsp3) is 0.762. The summed E-state index contributed by atoms with van der Waals surface area (Å²) in [5, 5.41) is 7.92. The third-order valence-corrected chi connectivity index (χ3v) is 6.00. The number of thiophene rings is 1. The molecule has 160 valence electrons. The maximum absolute atomic E-state index is 5.74. The van der Waals surface area contributed by atoms with Gasteiger partial charge in [-0.15, -0.1) is 0 Å². The highest BCUT2D eigenvalue weighted by atomic mass is 32.1. The van der Waals surface area contributed by atoms with Gasteiger partial charge in [0.1, 0.15) is 0 Å². The summed E-state index contributed by atoms with van der Waals surface area (Å²) in [4.78, 5) is 9.93. The number of hydrogen-bond donors (Lipinski definition) is 1. The average molecular weight is 411 g/mol. The number of hydrogen-bond acceptors (Lipinski definition) is 5. The highest BCUT2D eigenvalue weighted by Gasteiger charge is 2.26. The number of rotatable bonds is 12. The summed E-state index contributed by atoms with van der Waals surface area (Å²) in [6.07, 6.45) is 1.15. The lowest BCUT2D eigenvalue weighted by atomic mass is 10.1. The summed E-state index contributed by atoms with van der Waals surface area (Å²) < 4.78 is 10.8. The first-order chi connectivity index (χ1) is 13.7. The Morgan fingerprint density at radius 3 is 2.82 bits per heavy atom. The van der Waals surface area contributed by atoms with E-state index in [1.54, 1.807) is 18.4 Å². The summed E-state index contributed by atoms with van der Waals surface area (Å²) in [6, 6.07) is 2.57. The van der Waals surface area contributed by atoms with Crippen LogP contribution < -0.4 is 5.32 Å². The second-order valence-corrected chi connectivity index (χ2v) is 7.94. The van der Waals surface area contributed by atoms with E-state index in [-0.39, 0.29) is 0 Å². The molecule has 0 saturated carbocycles. The van der Waals surface area contributed by atoms with Crippen LogP contribution in [0.2, 0.25) is 0 Å². The molecule has 6 nitrogen and oxygen atoms in total. The molecule has 2 rings (SSSR count). The Balaban J connectivity index is 1.98. The maximum atomic E-state index is 5.74. The number of likely N-dealkylation sites (N-methyl/N-ethyl adjacent to an activating group) is 1. The summed E-state index contributed by atoms with van der Waals surface area (Å²) in [5.41, 5.74) is 1.37. The lowest BCUT2D eigenvalue weighted by molar-refractivity contribution is 0.0536. The lowest BCUT2D eigenvalue weighted by Crippen LogP contribution is -2.41. The quantitative estimate of drug-likeness (QED) is 0.326.